The van der Waals surface area contributed by atoms with Crippen molar-refractivity contribution in [1.82, 2.24) is 26.6 Å². The third-order valence-electron chi connectivity index (χ3n) is 6.42. The minimum atomic E-state index is -1.48. The molecule has 0 aromatic heterocycles. The molecule has 0 aliphatic heterocycles. The molecule has 2 aromatic rings. The smallest absolute Gasteiger partial charge is 0.322 e. The summed E-state index contributed by atoms with van der Waals surface area (Å²) in [7, 11) is 0. The van der Waals surface area contributed by atoms with Gasteiger partial charge in [-0.25, -0.2) is 0 Å². The molecule has 0 aliphatic carbocycles. The second kappa shape index (κ2) is 17.9. The van der Waals surface area contributed by atoms with E-state index >= 15 is 0 Å². The van der Waals surface area contributed by atoms with Crippen molar-refractivity contribution in [3.05, 3.63) is 65.7 Å². The average Bonchev–Trinajstić information content (AvgIpc) is 3.01. The molecular weight excluding hydrogens is 592 g/mol. The van der Waals surface area contributed by atoms with Gasteiger partial charge in [0, 0.05) is 12.8 Å². The minimum absolute atomic E-state index is 0.0246. The van der Waals surface area contributed by atoms with Crippen LogP contribution < -0.4 is 32.3 Å². The largest absolute Gasteiger partial charge is 0.508 e. The van der Waals surface area contributed by atoms with Crippen LogP contribution in [0.1, 0.15) is 18.1 Å². The van der Waals surface area contributed by atoms with Crippen LogP contribution in [-0.2, 0) is 41.6 Å². The molecule has 0 bridgehead atoms. The van der Waals surface area contributed by atoms with E-state index in [0.717, 1.165) is 0 Å². The molecule has 0 saturated carbocycles. The monoisotopic (exact) mass is 630 g/mol. The molecule has 0 spiro atoms. The van der Waals surface area contributed by atoms with Crippen molar-refractivity contribution in [1.29, 1.82) is 0 Å². The van der Waals surface area contributed by atoms with Crippen molar-refractivity contribution in [2.45, 2.75) is 50.0 Å². The maximum atomic E-state index is 13.5. The van der Waals surface area contributed by atoms with Crippen molar-refractivity contribution in [2.75, 3.05) is 19.7 Å². The van der Waals surface area contributed by atoms with Gasteiger partial charge < -0.3 is 52.7 Å². The number of hydrogen-bond acceptors (Lipinski definition) is 10. The summed E-state index contributed by atoms with van der Waals surface area (Å²) in [5, 5.41) is 49.2. The fraction of sp³-hybridized carbons (Fsp3) is 0.379. The Hall–Kier alpha value is -5.06. The van der Waals surface area contributed by atoms with Gasteiger partial charge in [0.1, 0.15) is 36.5 Å². The van der Waals surface area contributed by atoms with Crippen molar-refractivity contribution in [3.63, 3.8) is 0 Å². The molecule has 5 amide bonds. The zero-order chi connectivity index (χ0) is 33.5. The first kappa shape index (κ1) is 36.1. The SMILES string of the molecule is C[C@@H](O)[C@H](N)C(=O)N[C@@H](CO)C(=O)NCC(=O)N[C@@H](Cc1ccccc1)C(=O)N[C@@H](Cc1ccc(O)cc1)C(=O)NCC(=O)O. The van der Waals surface area contributed by atoms with Gasteiger partial charge in [-0.15, -0.1) is 0 Å². The summed E-state index contributed by atoms with van der Waals surface area (Å²) in [6.07, 6.45) is -1.33. The number of amides is 5. The summed E-state index contributed by atoms with van der Waals surface area (Å²) in [6.45, 7) is -0.938. The van der Waals surface area contributed by atoms with E-state index in [0.29, 0.717) is 11.1 Å². The molecule has 2 aromatic carbocycles. The van der Waals surface area contributed by atoms with Crippen LogP contribution in [0, 0.1) is 0 Å². The molecule has 0 aliphatic rings. The Morgan fingerprint density at radius 3 is 1.78 bits per heavy atom. The van der Waals surface area contributed by atoms with Crippen LogP contribution in [0.15, 0.2) is 54.6 Å². The number of phenols is 1. The number of nitrogens with two attached hydrogens (primary N) is 1. The van der Waals surface area contributed by atoms with E-state index < -0.39 is 85.5 Å². The molecule has 244 valence electrons. The maximum absolute atomic E-state index is 13.5. The first-order chi connectivity index (χ1) is 21.3. The van der Waals surface area contributed by atoms with Gasteiger partial charge in [-0.3, -0.25) is 28.8 Å². The first-order valence-corrected chi connectivity index (χ1v) is 13.8. The van der Waals surface area contributed by atoms with Crippen molar-refractivity contribution in [3.8, 4) is 5.75 Å². The van der Waals surface area contributed by atoms with Gasteiger partial charge in [0.15, 0.2) is 0 Å². The fourth-order valence-corrected chi connectivity index (χ4v) is 3.91. The van der Waals surface area contributed by atoms with Gasteiger partial charge in [0.25, 0.3) is 0 Å². The number of aliphatic carboxylic acids is 1. The van der Waals surface area contributed by atoms with Crippen LogP contribution in [0.2, 0.25) is 0 Å². The average molecular weight is 631 g/mol. The zero-order valence-corrected chi connectivity index (χ0v) is 24.4. The van der Waals surface area contributed by atoms with Crippen LogP contribution >= 0.6 is 0 Å². The normalized spacial score (nSPS) is 14.0. The summed E-state index contributed by atoms with van der Waals surface area (Å²) >= 11 is 0. The Morgan fingerprint density at radius 1 is 0.711 bits per heavy atom. The molecule has 0 heterocycles. The highest BCUT2D eigenvalue weighted by atomic mass is 16.4. The molecular formula is C29H38N6O10. The molecule has 0 unspecified atom stereocenters. The number of aromatic hydroxyl groups is 1. The lowest BCUT2D eigenvalue weighted by molar-refractivity contribution is -0.138. The summed E-state index contributed by atoms with van der Waals surface area (Å²) in [4.78, 5) is 74.7. The summed E-state index contributed by atoms with van der Waals surface area (Å²) < 4.78 is 0. The third-order valence-corrected chi connectivity index (χ3v) is 6.42. The van der Waals surface area contributed by atoms with E-state index in [1.165, 1.54) is 31.2 Å². The molecule has 16 nitrogen and oxygen atoms in total. The van der Waals surface area contributed by atoms with Crippen molar-refractivity contribution < 1.29 is 49.2 Å². The highest BCUT2D eigenvalue weighted by Crippen LogP contribution is 2.12. The molecule has 2 rings (SSSR count). The van der Waals surface area contributed by atoms with Crippen LogP contribution in [0.25, 0.3) is 0 Å². The lowest BCUT2D eigenvalue weighted by Gasteiger charge is -2.24. The summed E-state index contributed by atoms with van der Waals surface area (Å²) in [5.41, 5.74) is 6.71. The molecule has 16 heteroatoms. The Morgan fingerprint density at radius 2 is 1.22 bits per heavy atom. The van der Waals surface area contributed by atoms with E-state index in [-0.39, 0.29) is 18.6 Å². The van der Waals surface area contributed by atoms with Gasteiger partial charge in [-0.2, -0.15) is 0 Å². The number of rotatable bonds is 17. The zero-order valence-electron chi connectivity index (χ0n) is 24.4. The van der Waals surface area contributed by atoms with Crippen molar-refractivity contribution in [2.24, 2.45) is 5.73 Å². The van der Waals surface area contributed by atoms with Gasteiger partial charge >= 0.3 is 5.97 Å². The van der Waals surface area contributed by atoms with E-state index in [9.17, 15) is 44.1 Å². The number of phenolic OH excluding ortho intramolecular Hbond substituents is 1. The molecule has 5 atom stereocenters. The number of carbonyl (C=O) groups excluding carboxylic acids is 5. The van der Waals surface area contributed by atoms with Gasteiger partial charge in [-0.05, 0) is 30.2 Å². The molecule has 0 fully saturated rings. The number of benzene rings is 2. The molecule has 45 heavy (non-hydrogen) atoms. The highest BCUT2D eigenvalue weighted by Gasteiger charge is 2.29. The van der Waals surface area contributed by atoms with Crippen LogP contribution in [0.3, 0.4) is 0 Å². The Balaban J connectivity index is 2.16. The number of nitrogens with one attached hydrogen (secondary N) is 5. The number of hydrogen-bond donors (Lipinski definition) is 10. The quantitative estimate of drug-likeness (QED) is 0.0825. The Kier molecular flexibility index (Phi) is 14.4. The fourth-order valence-electron chi connectivity index (χ4n) is 3.91. The van der Waals surface area contributed by atoms with Crippen molar-refractivity contribution >= 4 is 35.5 Å². The predicted molar refractivity (Wildman–Crippen MR) is 158 cm³/mol. The Bertz CT molecular complexity index is 1320. The summed E-state index contributed by atoms with van der Waals surface area (Å²) in [6, 6.07) is 9.00. The number of carboxylic acids is 1. The van der Waals surface area contributed by atoms with E-state index in [4.69, 9.17) is 10.8 Å². The lowest BCUT2D eigenvalue weighted by Crippen LogP contribution is -2.58. The van der Waals surface area contributed by atoms with Crippen LogP contribution in [0.4, 0.5) is 0 Å². The molecule has 0 radical (unpaired) electrons. The highest BCUT2D eigenvalue weighted by molar-refractivity contribution is 5.95. The van der Waals surface area contributed by atoms with Crippen LogP contribution in [0.5, 0.6) is 5.75 Å². The maximum Gasteiger partial charge on any atom is 0.322 e. The van der Waals surface area contributed by atoms with E-state index in [1.807, 2.05) is 0 Å². The summed E-state index contributed by atoms with van der Waals surface area (Å²) in [5.74, 6) is -5.59. The standard InChI is InChI=1S/C29H38N6O10/c1-16(37)25(30)29(45)35-22(15-36)27(43)31-13-23(39)33-21(11-17-5-3-2-4-6-17)28(44)34-20(26(42)32-14-24(40)41)12-18-7-9-19(38)10-8-18/h2-10,16,20-22,25,36-38H,11-15,30H2,1H3,(H,31,43)(H,32,42)(H,33,39)(H,34,44)(H,35,45)(H,40,41)/t16-,20+,21+,22+,25+/m1/s1. The van der Waals surface area contributed by atoms with E-state index in [2.05, 4.69) is 26.6 Å². The number of carboxylic acid groups (broad SMARTS) is 1. The predicted octanol–water partition coefficient (Wildman–Crippen LogP) is -3.35. The third kappa shape index (κ3) is 12.6. The second-order valence-electron chi connectivity index (χ2n) is 10.1. The van der Waals surface area contributed by atoms with Crippen LogP contribution in [-0.4, -0.2) is 106 Å². The van der Waals surface area contributed by atoms with E-state index in [1.54, 1.807) is 30.3 Å². The second-order valence-corrected chi connectivity index (χ2v) is 10.1. The lowest BCUT2D eigenvalue weighted by atomic mass is 10.0. The number of aliphatic hydroxyl groups is 2. The number of aliphatic hydroxyl groups excluding tert-OH is 2. The van der Waals surface area contributed by atoms with Gasteiger partial charge in [0.2, 0.25) is 29.5 Å². The number of carbonyl (C=O) groups is 6. The molecule has 0 saturated heterocycles. The van der Waals surface area contributed by atoms with Gasteiger partial charge in [-0.1, -0.05) is 42.5 Å². The minimum Gasteiger partial charge on any atom is -0.508 e. The molecule has 11 N–H and O–H groups in total. The first-order valence-electron chi connectivity index (χ1n) is 13.8. The van der Waals surface area contributed by atoms with Gasteiger partial charge in [0.05, 0.1) is 19.3 Å². The topological polar surface area (TPSA) is 270 Å². The Labute approximate surface area is 258 Å².